The van der Waals surface area contributed by atoms with Crippen molar-refractivity contribution in [1.82, 2.24) is 5.32 Å². The molecule has 3 saturated carbocycles. The summed E-state index contributed by atoms with van der Waals surface area (Å²) >= 11 is 0. The van der Waals surface area contributed by atoms with Crippen molar-refractivity contribution >= 4 is 0 Å². The summed E-state index contributed by atoms with van der Waals surface area (Å²) in [6, 6.07) is 0.894. The van der Waals surface area contributed by atoms with Gasteiger partial charge in [-0.2, -0.15) is 0 Å². The maximum Gasteiger partial charge on any atom is 0.00981 e. The van der Waals surface area contributed by atoms with Crippen LogP contribution in [0.5, 0.6) is 0 Å². The monoisotopic (exact) mass is 193 g/mol. The van der Waals surface area contributed by atoms with Crippen LogP contribution in [-0.2, 0) is 0 Å². The van der Waals surface area contributed by atoms with Crippen molar-refractivity contribution in [2.75, 3.05) is 6.54 Å². The van der Waals surface area contributed by atoms with Crippen LogP contribution in [0.1, 0.15) is 46.0 Å². The van der Waals surface area contributed by atoms with Crippen LogP contribution in [0.25, 0.3) is 0 Å². The Hall–Kier alpha value is -0.0400. The first-order valence-corrected chi connectivity index (χ1v) is 6.38. The predicted octanol–water partition coefficient (Wildman–Crippen LogP) is 2.81. The normalized spacial score (nSPS) is 48.4. The van der Waals surface area contributed by atoms with E-state index < -0.39 is 0 Å². The minimum atomic E-state index is 0.657. The van der Waals surface area contributed by atoms with E-state index in [0.29, 0.717) is 5.41 Å². The highest BCUT2D eigenvalue weighted by molar-refractivity contribution is 4.99. The van der Waals surface area contributed by atoms with Gasteiger partial charge >= 0.3 is 0 Å². The molecule has 1 N–H and O–H groups in total. The number of fused-ring (bicyclic) bond motifs is 2. The third-order valence-electron chi connectivity index (χ3n) is 5.08. The van der Waals surface area contributed by atoms with Crippen LogP contribution >= 0.6 is 0 Å². The lowest BCUT2D eigenvalue weighted by Crippen LogP contribution is -2.35. The van der Waals surface area contributed by atoms with Crippen LogP contribution in [-0.4, -0.2) is 12.6 Å². The van der Waals surface area contributed by atoms with Crippen LogP contribution in [0.2, 0.25) is 0 Å². The Morgan fingerprint density at radius 1 is 1.21 bits per heavy atom. The molecule has 0 heterocycles. The number of hydrogen-bond acceptors (Lipinski definition) is 1. The van der Waals surface area contributed by atoms with Crippen molar-refractivity contribution in [2.24, 2.45) is 23.2 Å². The fourth-order valence-electron chi connectivity index (χ4n) is 3.71. The minimum absolute atomic E-state index is 0.657. The topological polar surface area (TPSA) is 12.0 Å². The molecule has 1 heteroatoms. The van der Waals surface area contributed by atoms with E-state index in [4.69, 9.17) is 0 Å². The molecule has 0 aromatic rings. The molecule has 0 aliphatic heterocycles. The third-order valence-corrected chi connectivity index (χ3v) is 5.08. The Morgan fingerprint density at radius 2 is 2.00 bits per heavy atom. The standard InChI is InChI=1S/C13H23N/c1-13(2)7-11(13)8-14-12-6-9-3-4-10(12)5-9/h9-12,14H,3-8H2,1-2H3. The van der Waals surface area contributed by atoms with Gasteiger partial charge in [-0.3, -0.25) is 0 Å². The summed E-state index contributed by atoms with van der Waals surface area (Å²) in [5, 5.41) is 3.83. The molecule has 0 saturated heterocycles. The highest BCUT2D eigenvalue weighted by Crippen LogP contribution is 2.51. The zero-order valence-electron chi connectivity index (χ0n) is 9.55. The zero-order chi connectivity index (χ0) is 9.76. The summed E-state index contributed by atoms with van der Waals surface area (Å²) in [7, 11) is 0. The van der Waals surface area contributed by atoms with Crippen LogP contribution in [0.3, 0.4) is 0 Å². The Kier molecular flexibility index (Phi) is 1.96. The van der Waals surface area contributed by atoms with Crippen molar-refractivity contribution in [3.63, 3.8) is 0 Å². The van der Waals surface area contributed by atoms with Gasteiger partial charge in [0.25, 0.3) is 0 Å². The SMILES string of the molecule is CC1(C)CC1CNC1CC2CCC1C2. The molecule has 0 amide bonds. The van der Waals surface area contributed by atoms with Gasteiger partial charge < -0.3 is 5.32 Å². The molecule has 1 nitrogen and oxygen atoms in total. The Bertz CT molecular complexity index is 233. The molecule has 14 heavy (non-hydrogen) atoms. The molecule has 80 valence electrons. The van der Waals surface area contributed by atoms with Crippen LogP contribution < -0.4 is 5.32 Å². The van der Waals surface area contributed by atoms with Gasteiger partial charge in [0.2, 0.25) is 0 Å². The molecule has 0 spiro atoms. The number of nitrogens with one attached hydrogen (secondary N) is 1. The van der Waals surface area contributed by atoms with Gasteiger partial charge in [0.05, 0.1) is 0 Å². The first kappa shape index (κ1) is 9.21. The van der Waals surface area contributed by atoms with Crippen LogP contribution in [0, 0.1) is 23.2 Å². The summed E-state index contributed by atoms with van der Waals surface area (Å²) in [6.07, 6.45) is 7.50. The van der Waals surface area contributed by atoms with Crippen LogP contribution in [0.15, 0.2) is 0 Å². The second-order valence-electron chi connectivity index (χ2n) is 6.58. The van der Waals surface area contributed by atoms with E-state index in [0.717, 1.165) is 23.8 Å². The van der Waals surface area contributed by atoms with Gasteiger partial charge in [-0.1, -0.05) is 20.3 Å². The lowest BCUT2D eigenvalue weighted by Gasteiger charge is -2.23. The van der Waals surface area contributed by atoms with Crippen molar-refractivity contribution in [3.05, 3.63) is 0 Å². The second-order valence-corrected chi connectivity index (χ2v) is 6.58. The highest BCUT2D eigenvalue weighted by atomic mass is 14.9. The molecular formula is C13H23N. The minimum Gasteiger partial charge on any atom is -0.313 e. The van der Waals surface area contributed by atoms with Crippen molar-refractivity contribution in [1.29, 1.82) is 0 Å². The average molecular weight is 193 g/mol. The smallest absolute Gasteiger partial charge is 0.00981 e. The summed E-state index contributed by atoms with van der Waals surface area (Å²) < 4.78 is 0. The molecule has 4 unspecified atom stereocenters. The van der Waals surface area contributed by atoms with E-state index in [2.05, 4.69) is 19.2 Å². The van der Waals surface area contributed by atoms with Gasteiger partial charge in [0.15, 0.2) is 0 Å². The quantitative estimate of drug-likeness (QED) is 0.727. The molecule has 2 bridgehead atoms. The van der Waals surface area contributed by atoms with Gasteiger partial charge in [-0.05, 0) is 55.4 Å². The maximum absolute atomic E-state index is 3.83. The second kappa shape index (κ2) is 2.98. The van der Waals surface area contributed by atoms with E-state index in [9.17, 15) is 0 Å². The lowest BCUT2D eigenvalue weighted by atomic mass is 9.95. The van der Waals surface area contributed by atoms with Gasteiger partial charge in [0, 0.05) is 6.04 Å². The fraction of sp³-hybridized carbons (Fsp3) is 1.00. The average Bonchev–Trinajstić information content (AvgIpc) is 2.59. The third kappa shape index (κ3) is 1.50. The van der Waals surface area contributed by atoms with E-state index in [1.54, 1.807) is 0 Å². The molecular weight excluding hydrogens is 170 g/mol. The molecule has 3 aliphatic rings. The summed E-state index contributed by atoms with van der Waals surface area (Å²) in [6.45, 7) is 6.10. The Balaban J connectivity index is 1.46. The molecule has 3 rings (SSSR count). The summed E-state index contributed by atoms with van der Waals surface area (Å²) in [4.78, 5) is 0. The lowest BCUT2D eigenvalue weighted by molar-refractivity contribution is 0.341. The van der Waals surface area contributed by atoms with E-state index in [-0.39, 0.29) is 0 Å². The van der Waals surface area contributed by atoms with E-state index in [1.807, 2.05) is 0 Å². The predicted molar refractivity (Wildman–Crippen MR) is 59.1 cm³/mol. The largest absolute Gasteiger partial charge is 0.313 e. The van der Waals surface area contributed by atoms with Crippen molar-refractivity contribution in [2.45, 2.75) is 52.0 Å². The van der Waals surface area contributed by atoms with Crippen molar-refractivity contribution in [3.8, 4) is 0 Å². The Morgan fingerprint density at radius 3 is 2.50 bits per heavy atom. The molecule has 3 fully saturated rings. The molecule has 0 aromatic heterocycles. The first-order valence-electron chi connectivity index (χ1n) is 6.38. The van der Waals surface area contributed by atoms with Crippen LogP contribution in [0.4, 0.5) is 0 Å². The summed E-state index contributed by atoms with van der Waals surface area (Å²) in [5.41, 5.74) is 0.657. The molecule has 3 aliphatic carbocycles. The summed E-state index contributed by atoms with van der Waals surface area (Å²) in [5.74, 6) is 3.10. The van der Waals surface area contributed by atoms with Gasteiger partial charge in [-0.25, -0.2) is 0 Å². The fourth-order valence-corrected chi connectivity index (χ4v) is 3.71. The highest BCUT2D eigenvalue weighted by Gasteiger charge is 2.46. The van der Waals surface area contributed by atoms with Crippen molar-refractivity contribution < 1.29 is 0 Å². The first-order chi connectivity index (χ1) is 6.65. The number of hydrogen-bond donors (Lipinski definition) is 1. The molecule has 0 radical (unpaired) electrons. The maximum atomic E-state index is 3.83. The van der Waals surface area contributed by atoms with E-state index >= 15 is 0 Å². The Labute approximate surface area is 87.7 Å². The molecule has 4 atom stereocenters. The molecule has 0 aromatic carbocycles. The van der Waals surface area contributed by atoms with Gasteiger partial charge in [-0.15, -0.1) is 0 Å². The number of rotatable bonds is 3. The zero-order valence-corrected chi connectivity index (χ0v) is 9.55. The van der Waals surface area contributed by atoms with E-state index in [1.165, 1.54) is 38.6 Å². The van der Waals surface area contributed by atoms with Gasteiger partial charge in [0.1, 0.15) is 0 Å².